The first-order chi connectivity index (χ1) is 67.7. The summed E-state index contributed by atoms with van der Waals surface area (Å²) < 4.78 is 8.58. The van der Waals surface area contributed by atoms with E-state index in [-0.39, 0.29) is 0 Å². The van der Waals surface area contributed by atoms with Crippen molar-refractivity contribution in [2.45, 2.75) is 6.92 Å². The van der Waals surface area contributed by atoms with Crippen molar-refractivity contribution in [1.82, 2.24) is 93.0 Å². The number of hydrogen-bond acceptors (Lipinski definition) is 15. The zero-order valence-electron chi connectivity index (χ0n) is 72.8. The van der Waals surface area contributed by atoms with Gasteiger partial charge in [-0.25, -0.2) is 38.9 Å². The normalized spacial score (nSPS) is 11.1. The maximum Gasteiger partial charge on any atom is 0.155 e. The molecule has 0 saturated carbocycles. The Kier molecular flexibility index (Phi) is 28.6. The first-order valence-corrected chi connectivity index (χ1v) is 47.7. The number of aryl methyl sites for hydroxylation is 2. The molecule has 0 fully saturated rings. The molecule has 0 unspecified atom stereocenters. The number of aromatic nitrogens is 19. The first-order valence-electron chi connectivity index (χ1n) is 42.7. The highest BCUT2D eigenvalue weighted by molar-refractivity contribution is 7.16. The molecule has 24 aromatic rings. The molecular formula is C108H68Cl11N19S. The average Bonchev–Trinajstić information content (AvgIpc) is 1.72. The summed E-state index contributed by atoms with van der Waals surface area (Å²) in [6.45, 7) is 2.04. The van der Waals surface area contributed by atoms with Crippen molar-refractivity contribution >= 4 is 188 Å². The van der Waals surface area contributed by atoms with Crippen LogP contribution in [0.4, 0.5) is 0 Å². The fraction of sp³-hybridized carbons (Fsp3) is 0.0185. The van der Waals surface area contributed by atoms with Crippen LogP contribution < -0.4 is 0 Å². The Morgan fingerprint density at radius 3 is 1.21 bits per heavy atom. The fourth-order valence-electron chi connectivity index (χ4n) is 15.8. The lowest BCUT2D eigenvalue weighted by molar-refractivity contribution is 0.948. The number of rotatable bonds is 12. The van der Waals surface area contributed by atoms with E-state index >= 15 is 0 Å². The second-order valence-electron chi connectivity index (χ2n) is 31.3. The molecule has 0 radical (unpaired) electrons. The molecular weight excluding hydrogens is 1990 g/mol. The predicted octanol–water partition coefficient (Wildman–Crippen LogP) is 32.1. The molecule has 15 aromatic heterocycles. The maximum atomic E-state index is 6.38. The Balaban J connectivity index is 0.000000106. The van der Waals surface area contributed by atoms with Gasteiger partial charge in [-0.15, -0.1) is 11.3 Å². The fourth-order valence-corrected chi connectivity index (χ4v) is 18.6. The molecule has 0 atom stereocenters. The van der Waals surface area contributed by atoms with E-state index in [0.29, 0.717) is 55.2 Å². The molecule has 15 heterocycles. The van der Waals surface area contributed by atoms with Crippen molar-refractivity contribution in [3.63, 3.8) is 0 Å². The molecule has 139 heavy (non-hydrogen) atoms. The topological polar surface area (TPSA) is 214 Å². The van der Waals surface area contributed by atoms with E-state index in [0.717, 1.165) is 189 Å². The number of hydrogen-bond donors (Lipinski definition) is 1. The number of benzene rings is 9. The van der Waals surface area contributed by atoms with Gasteiger partial charge in [-0.3, -0.25) is 29.9 Å². The summed E-state index contributed by atoms with van der Waals surface area (Å²) in [4.78, 5) is 56.1. The number of halogens is 11. The Hall–Kier alpha value is -14.2. The van der Waals surface area contributed by atoms with Gasteiger partial charge in [0.2, 0.25) is 0 Å². The SMILES string of the molecule is Cc1cnc(-c2cccc(Cl)c2)c(-c2ccn3ncnc3c2)c1.Clc1ccc(Cl)c(-c2ncccc2-c2ccc3nc[nH]c3c2)c1.Clc1ccc(Cl)c(-c2ncccc2-c2ccc3nccn3c2)c1.Clc1ccc(Cl)c(-c2ncccc2-c2ccc3ncsc3c2)c1.Clc1ccc(Cl)c(-c2ncccc2-c2ccn3ncnc3c2)c1.Cn1cnc2ccc(-c3cccnc3-c3cc(Cl)ccc3Cl)cc21. The molecule has 0 aliphatic carbocycles. The smallest absolute Gasteiger partial charge is 0.155 e. The summed E-state index contributed by atoms with van der Waals surface area (Å²) in [5.74, 6) is 0. The highest BCUT2D eigenvalue weighted by Gasteiger charge is 2.22. The second kappa shape index (κ2) is 42.4. The van der Waals surface area contributed by atoms with E-state index in [9.17, 15) is 0 Å². The van der Waals surface area contributed by atoms with E-state index in [2.05, 4.69) is 105 Å². The summed E-state index contributed by atoms with van der Waals surface area (Å²) in [5, 5.41) is 15.2. The second-order valence-corrected chi connectivity index (χ2v) is 36.9. The summed E-state index contributed by atoms with van der Waals surface area (Å²) in [5.41, 5.74) is 32.7. The van der Waals surface area contributed by atoms with Crippen LogP contribution in [0.2, 0.25) is 55.2 Å². The zero-order valence-corrected chi connectivity index (χ0v) is 82.0. The van der Waals surface area contributed by atoms with Crippen molar-refractivity contribution in [2.75, 3.05) is 0 Å². The van der Waals surface area contributed by atoms with Gasteiger partial charge in [0, 0.05) is 178 Å². The molecule has 0 amide bonds. The van der Waals surface area contributed by atoms with E-state index in [1.807, 2.05) is 248 Å². The van der Waals surface area contributed by atoms with Gasteiger partial charge in [0.15, 0.2) is 11.3 Å². The number of nitrogens with one attached hydrogen (secondary N) is 1. The van der Waals surface area contributed by atoms with Crippen LogP contribution >= 0.6 is 139 Å². The van der Waals surface area contributed by atoms with Crippen molar-refractivity contribution in [2.24, 2.45) is 7.05 Å². The number of fused-ring (bicyclic) bond motifs is 6. The van der Waals surface area contributed by atoms with Crippen molar-refractivity contribution in [3.8, 4) is 134 Å². The van der Waals surface area contributed by atoms with E-state index < -0.39 is 0 Å². The van der Waals surface area contributed by atoms with Crippen LogP contribution in [0.5, 0.6) is 0 Å². The van der Waals surface area contributed by atoms with Crippen LogP contribution in [0.15, 0.2) is 372 Å². The third-order valence-corrected chi connectivity index (χ3v) is 26.2. The summed E-state index contributed by atoms with van der Waals surface area (Å²) in [6.07, 6.45) is 26.7. The van der Waals surface area contributed by atoms with Crippen LogP contribution in [0.1, 0.15) is 5.56 Å². The quantitative estimate of drug-likeness (QED) is 0.120. The van der Waals surface area contributed by atoms with Gasteiger partial charge < -0.3 is 14.0 Å². The van der Waals surface area contributed by atoms with Gasteiger partial charge in [-0.2, -0.15) is 10.2 Å². The largest absolute Gasteiger partial charge is 0.345 e. The highest BCUT2D eigenvalue weighted by atomic mass is 35.5. The van der Waals surface area contributed by atoms with E-state index in [1.165, 1.54) is 6.33 Å². The molecule has 678 valence electrons. The third-order valence-electron chi connectivity index (χ3n) is 22.4. The van der Waals surface area contributed by atoms with Crippen LogP contribution in [0.3, 0.4) is 0 Å². The molecule has 0 spiro atoms. The van der Waals surface area contributed by atoms with Gasteiger partial charge in [0.05, 0.1) is 110 Å². The summed E-state index contributed by atoms with van der Waals surface area (Å²) >= 11 is 70.2. The number of aromatic amines is 1. The Labute approximate surface area is 854 Å². The number of thiazole rings is 1. The van der Waals surface area contributed by atoms with Crippen LogP contribution in [-0.4, -0.2) is 93.0 Å². The van der Waals surface area contributed by atoms with Crippen molar-refractivity contribution < 1.29 is 0 Å². The third kappa shape index (κ3) is 21.3. The van der Waals surface area contributed by atoms with Gasteiger partial charge in [0.1, 0.15) is 18.3 Å². The molecule has 0 aliphatic heterocycles. The molecule has 9 aromatic carbocycles. The van der Waals surface area contributed by atoms with Crippen molar-refractivity contribution in [1.29, 1.82) is 0 Å². The summed E-state index contributed by atoms with van der Waals surface area (Å²) in [6, 6.07) is 87.0. The van der Waals surface area contributed by atoms with E-state index in [4.69, 9.17) is 128 Å². The number of pyridine rings is 9. The molecule has 0 aliphatic rings. The number of imidazole rings is 3. The summed E-state index contributed by atoms with van der Waals surface area (Å²) in [7, 11) is 1.98. The van der Waals surface area contributed by atoms with Crippen molar-refractivity contribution in [3.05, 3.63) is 433 Å². The molecule has 1 N–H and O–H groups in total. The van der Waals surface area contributed by atoms with Crippen LogP contribution in [-0.2, 0) is 7.05 Å². The lowest BCUT2D eigenvalue weighted by Gasteiger charge is -2.11. The highest BCUT2D eigenvalue weighted by Crippen LogP contribution is 2.44. The van der Waals surface area contributed by atoms with Crippen LogP contribution in [0.25, 0.3) is 184 Å². The average molecular weight is 2050 g/mol. The van der Waals surface area contributed by atoms with Gasteiger partial charge in [-0.1, -0.05) is 188 Å². The number of H-pyrrole nitrogens is 1. The minimum atomic E-state index is 0.609. The lowest BCUT2D eigenvalue weighted by atomic mass is 9.99. The molecule has 19 nitrogen and oxygen atoms in total. The van der Waals surface area contributed by atoms with Gasteiger partial charge in [0.25, 0.3) is 0 Å². The Morgan fingerprint density at radius 2 is 0.719 bits per heavy atom. The molecule has 24 rings (SSSR count). The monoisotopic (exact) mass is 2050 g/mol. The Morgan fingerprint density at radius 1 is 0.288 bits per heavy atom. The molecule has 0 saturated heterocycles. The molecule has 31 heteroatoms. The minimum Gasteiger partial charge on any atom is -0.345 e. The van der Waals surface area contributed by atoms with Gasteiger partial charge in [-0.05, 0) is 253 Å². The first kappa shape index (κ1) is 93.8. The Bertz CT molecular complexity index is 8020. The van der Waals surface area contributed by atoms with Crippen LogP contribution in [0, 0.1) is 6.92 Å². The lowest BCUT2D eigenvalue weighted by Crippen LogP contribution is -1.93. The number of nitrogens with zero attached hydrogens (tertiary/aromatic N) is 18. The van der Waals surface area contributed by atoms with Gasteiger partial charge >= 0.3 is 0 Å². The van der Waals surface area contributed by atoms with E-state index in [1.54, 1.807) is 131 Å². The standard InChI is InChI=1S/C19H13Cl2N3.2C18H11Cl2N3.C18H10Cl2N2S.C18H13ClN4.C17H10Cl2N4/c1-24-11-23-17-7-4-12(9-18(17)24)14-3-2-8-22-19(14)15-10-13(20)5-6-16(15)21;19-12-4-5-15(20)14(9-12)18-13(2-1-7-21-18)11-3-6-16-17(8-11)23-10-22-16;19-13-4-5-16(20)15(10-13)18-14(2-1-7-22-18)12-3-6-17-21-8-9-23(17)11-12;19-12-4-5-15(20)14(9-12)18-13(2-1-7-21-18)11-3-6-16-17(8-11)23-10-22-16;1-12-7-16(13-5-6-23-17(9-13)21-11-22-23)18(20-10-12)14-3-2-4-15(19)8-14;18-12-3-4-15(19)14(9-12)17-13(2-1-6-20-17)11-5-7-23-16(8-11)21-10-22-23/h2-11H,1H3;1-10H,(H,22,23);1-11H;1-10H;2-11H,1H3;1-10H. The minimum absolute atomic E-state index is 0.609. The predicted molar refractivity (Wildman–Crippen MR) is 569 cm³/mol. The molecule has 0 bridgehead atoms. The zero-order chi connectivity index (χ0) is 95.7. The maximum absolute atomic E-state index is 6.38.